The Kier molecular flexibility index (Phi) is 10.0. The number of ether oxygens (including phenoxy) is 2. The minimum absolute atomic E-state index is 0.130. The fourth-order valence-electron chi connectivity index (χ4n) is 3.14. The molecule has 0 aliphatic rings. The third-order valence-electron chi connectivity index (χ3n) is 4.86. The monoisotopic (exact) mass is 488 g/mol. The molecule has 186 valence electrons. The Hall–Kier alpha value is -4.66. The summed E-state index contributed by atoms with van der Waals surface area (Å²) >= 11 is 0. The molecule has 0 heterocycles. The van der Waals surface area contributed by atoms with Crippen LogP contribution in [-0.2, 0) is 20.7 Å². The van der Waals surface area contributed by atoms with E-state index < -0.39 is 18.0 Å². The molecule has 0 unspecified atom stereocenters. The maximum Gasteiger partial charge on any atom is 0.407 e. The summed E-state index contributed by atoms with van der Waals surface area (Å²) in [5, 5.41) is 9.30. The molecule has 3 N–H and O–H groups in total. The van der Waals surface area contributed by atoms with Crippen LogP contribution in [0.4, 0.5) is 10.5 Å². The van der Waals surface area contributed by atoms with Gasteiger partial charge < -0.3 is 20.1 Å². The van der Waals surface area contributed by atoms with Crippen molar-refractivity contribution in [1.29, 1.82) is 0 Å². The summed E-state index contributed by atoms with van der Waals surface area (Å²) in [4.78, 5) is 36.5. The van der Waals surface area contributed by atoms with Crippen molar-refractivity contribution >= 4 is 29.8 Å². The molecule has 36 heavy (non-hydrogen) atoms. The Balaban J connectivity index is 1.50. The van der Waals surface area contributed by atoms with E-state index >= 15 is 0 Å². The molecule has 0 fully saturated rings. The van der Waals surface area contributed by atoms with Gasteiger partial charge in [0.15, 0.2) is 6.61 Å². The van der Waals surface area contributed by atoms with Gasteiger partial charge in [0.2, 0.25) is 0 Å². The van der Waals surface area contributed by atoms with Gasteiger partial charge in [-0.25, -0.2) is 10.2 Å². The lowest BCUT2D eigenvalue weighted by Crippen LogP contribution is -2.47. The molecule has 3 aromatic rings. The number of nitrogens with zero attached hydrogens (tertiary/aromatic N) is 1. The highest BCUT2D eigenvalue weighted by molar-refractivity contribution is 5.92. The third-order valence-corrected chi connectivity index (χ3v) is 4.86. The number of carbonyl (C=O) groups excluding carboxylic acids is 3. The first-order chi connectivity index (χ1) is 17.5. The van der Waals surface area contributed by atoms with Crippen LogP contribution < -0.4 is 20.8 Å². The van der Waals surface area contributed by atoms with Crippen molar-refractivity contribution in [2.45, 2.75) is 19.4 Å². The average molecular weight is 489 g/mol. The van der Waals surface area contributed by atoms with E-state index in [1.807, 2.05) is 48.5 Å². The lowest BCUT2D eigenvalue weighted by atomic mass is 10.1. The van der Waals surface area contributed by atoms with Crippen molar-refractivity contribution < 1.29 is 23.9 Å². The highest BCUT2D eigenvalue weighted by Gasteiger charge is 2.21. The van der Waals surface area contributed by atoms with Gasteiger partial charge in [-0.1, -0.05) is 48.5 Å². The molecule has 9 heteroatoms. The van der Waals surface area contributed by atoms with Crippen LogP contribution in [0.25, 0.3) is 0 Å². The maximum absolute atomic E-state index is 12.7. The molecule has 3 amide bonds. The van der Waals surface area contributed by atoms with E-state index in [-0.39, 0.29) is 25.5 Å². The summed E-state index contributed by atoms with van der Waals surface area (Å²) in [6.07, 6.45) is 1.07. The molecule has 0 spiro atoms. The number of para-hydroxylation sites is 1. The van der Waals surface area contributed by atoms with Crippen molar-refractivity contribution in [3.8, 4) is 5.75 Å². The number of hydrogen-bond donors (Lipinski definition) is 3. The molecule has 0 aliphatic heterocycles. The van der Waals surface area contributed by atoms with E-state index in [2.05, 4.69) is 21.2 Å². The van der Waals surface area contributed by atoms with Crippen LogP contribution in [0.3, 0.4) is 0 Å². The predicted octanol–water partition coefficient (Wildman–Crippen LogP) is 3.51. The summed E-state index contributed by atoms with van der Waals surface area (Å²) in [7, 11) is 0. The van der Waals surface area contributed by atoms with E-state index in [0.29, 0.717) is 17.0 Å². The van der Waals surface area contributed by atoms with Gasteiger partial charge in [-0.05, 0) is 54.4 Å². The smallest absolute Gasteiger partial charge is 0.407 e. The molecule has 3 aromatic carbocycles. The number of hydrazone groups is 1. The van der Waals surface area contributed by atoms with E-state index in [9.17, 15) is 14.4 Å². The van der Waals surface area contributed by atoms with Crippen molar-refractivity contribution in [1.82, 2.24) is 10.7 Å². The minimum atomic E-state index is -0.860. The molecular weight excluding hydrogens is 460 g/mol. The van der Waals surface area contributed by atoms with Crippen LogP contribution in [0.15, 0.2) is 90.0 Å². The topological polar surface area (TPSA) is 118 Å². The Labute approximate surface area is 209 Å². The molecule has 0 saturated heterocycles. The largest absolute Gasteiger partial charge is 0.484 e. The molecule has 1 atom stereocenters. The van der Waals surface area contributed by atoms with Crippen molar-refractivity contribution in [2.75, 3.05) is 18.5 Å². The number of benzene rings is 3. The summed E-state index contributed by atoms with van der Waals surface area (Å²) in [6.45, 7) is 1.75. The first-order valence-corrected chi connectivity index (χ1v) is 11.4. The summed E-state index contributed by atoms with van der Waals surface area (Å²) in [5.41, 5.74) is 4.73. The van der Waals surface area contributed by atoms with Crippen molar-refractivity contribution in [3.05, 3.63) is 96.1 Å². The zero-order chi connectivity index (χ0) is 25.6. The molecule has 9 nitrogen and oxygen atoms in total. The van der Waals surface area contributed by atoms with E-state index in [1.165, 1.54) is 6.21 Å². The SMILES string of the molecule is CCOC(=O)N[C@@H](Cc1ccccc1)C(=O)N/N=C\c1ccc(OCC(=O)Nc2ccccc2)cc1. The van der Waals surface area contributed by atoms with Crippen LogP contribution in [0.2, 0.25) is 0 Å². The first kappa shape index (κ1) is 26.0. The normalized spacial score (nSPS) is 11.4. The number of anilines is 1. The first-order valence-electron chi connectivity index (χ1n) is 11.4. The molecule has 0 saturated carbocycles. The highest BCUT2D eigenvalue weighted by Crippen LogP contribution is 2.12. The number of rotatable bonds is 11. The highest BCUT2D eigenvalue weighted by atomic mass is 16.5. The van der Waals surface area contributed by atoms with Gasteiger partial charge in [-0.2, -0.15) is 5.10 Å². The van der Waals surface area contributed by atoms with Gasteiger partial charge >= 0.3 is 6.09 Å². The lowest BCUT2D eigenvalue weighted by Gasteiger charge is -2.16. The summed E-state index contributed by atoms with van der Waals surface area (Å²) in [5.74, 6) is -0.232. The number of nitrogens with one attached hydrogen (secondary N) is 3. The third kappa shape index (κ3) is 8.94. The van der Waals surface area contributed by atoms with Crippen LogP contribution in [0.1, 0.15) is 18.1 Å². The summed E-state index contributed by atoms with van der Waals surface area (Å²) < 4.78 is 10.4. The second-order valence-corrected chi connectivity index (χ2v) is 7.61. The Bertz CT molecular complexity index is 1150. The van der Waals surface area contributed by atoms with Gasteiger partial charge in [-0.15, -0.1) is 0 Å². The van der Waals surface area contributed by atoms with E-state index in [1.54, 1.807) is 43.3 Å². The van der Waals surface area contributed by atoms with E-state index in [0.717, 1.165) is 5.56 Å². The van der Waals surface area contributed by atoms with Gasteiger partial charge in [-0.3, -0.25) is 9.59 Å². The maximum atomic E-state index is 12.7. The van der Waals surface area contributed by atoms with Crippen LogP contribution in [-0.4, -0.2) is 43.4 Å². The Morgan fingerprint density at radius 1 is 0.917 bits per heavy atom. The fraction of sp³-hybridized carbons (Fsp3) is 0.185. The van der Waals surface area contributed by atoms with Crippen molar-refractivity contribution in [2.24, 2.45) is 5.10 Å². The molecule has 3 rings (SSSR count). The number of alkyl carbamates (subject to hydrolysis) is 1. The van der Waals surface area contributed by atoms with Crippen LogP contribution >= 0.6 is 0 Å². The number of carbonyl (C=O) groups is 3. The zero-order valence-corrected chi connectivity index (χ0v) is 19.8. The van der Waals surface area contributed by atoms with Gasteiger partial charge in [0.25, 0.3) is 11.8 Å². The van der Waals surface area contributed by atoms with Crippen LogP contribution in [0, 0.1) is 0 Å². The standard InChI is InChI=1S/C27H28N4O5/c1-2-35-27(34)30-24(17-20-9-5-3-6-10-20)26(33)31-28-18-21-13-15-23(16-14-21)36-19-25(32)29-22-11-7-4-8-12-22/h3-16,18,24H,2,17,19H2,1H3,(H,29,32)(H,30,34)(H,31,33)/b28-18-/t24-/m0/s1. The predicted molar refractivity (Wildman–Crippen MR) is 137 cm³/mol. The van der Waals surface area contributed by atoms with Crippen molar-refractivity contribution in [3.63, 3.8) is 0 Å². The average Bonchev–Trinajstić information content (AvgIpc) is 2.89. The van der Waals surface area contributed by atoms with Gasteiger partial charge in [0.1, 0.15) is 11.8 Å². The fourth-order valence-corrected chi connectivity index (χ4v) is 3.14. The lowest BCUT2D eigenvalue weighted by molar-refractivity contribution is -0.123. The minimum Gasteiger partial charge on any atom is -0.484 e. The quantitative estimate of drug-likeness (QED) is 0.282. The Morgan fingerprint density at radius 3 is 2.25 bits per heavy atom. The molecule has 0 aliphatic carbocycles. The molecular formula is C27H28N4O5. The zero-order valence-electron chi connectivity index (χ0n) is 19.8. The van der Waals surface area contributed by atoms with Gasteiger partial charge in [0.05, 0.1) is 12.8 Å². The molecule has 0 radical (unpaired) electrons. The molecule has 0 aromatic heterocycles. The molecule has 0 bridgehead atoms. The number of hydrogen-bond acceptors (Lipinski definition) is 6. The number of amides is 3. The second-order valence-electron chi connectivity index (χ2n) is 7.61. The van der Waals surface area contributed by atoms with Gasteiger partial charge in [0, 0.05) is 12.1 Å². The van der Waals surface area contributed by atoms with Crippen LogP contribution in [0.5, 0.6) is 5.75 Å². The van der Waals surface area contributed by atoms with E-state index in [4.69, 9.17) is 9.47 Å². The summed E-state index contributed by atoms with van der Waals surface area (Å²) in [6, 6.07) is 24.4. The Morgan fingerprint density at radius 2 is 1.58 bits per heavy atom. The second kappa shape index (κ2) is 13.9.